The third-order valence-corrected chi connectivity index (χ3v) is 0. The van der Waals surface area contributed by atoms with Crippen molar-refractivity contribution in [3.8, 4) is 0 Å². The average Bonchev–Trinajstić information content (AvgIpc) is 1.39. The Hall–Kier alpha value is 0.360. The van der Waals surface area contributed by atoms with Gasteiger partial charge in [0.25, 0.3) is 0 Å². The van der Waals surface area contributed by atoms with Gasteiger partial charge in [0.1, 0.15) is 0 Å². The molecule has 0 spiro atoms. The van der Waals surface area contributed by atoms with Crippen LogP contribution in [0.25, 0.3) is 0 Å². The van der Waals surface area contributed by atoms with Gasteiger partial charge in [0.05, 0.1) is 0 Å². The molecule has 0 atom stereocenters. The Bertz CT molecular complexity index is 31.2. The zero-order valence-electron chi connectivity index (χ0n) is 5.46. The molecule has 0 aromatic carbocycles. The van der Waals surface area contributed by atoms with Gasteiger partial charge in [-0.25, -0.2) is 0 Å². The predicted molar refractivity (Wildman–Crippen MR) is 21.5 cm³/mol. The first-order valence-corrected chi connectivity index (χ1v) is 1.41. The van der Waals surface area contributed by atoms with Gasteiger partial charge < -0.3 is 11.7 Å². The van der Waals surface area contributed by atoms with Crippen LogP contribution in [-0.4, -0.2) is 16.9 Å². The molecule has 40 valence electrons. The van der Waals surface area contributed by atoms with E-state index in [9.17, 15) is 0 Å². The van der Waals surface area contributed by atoms with Gasteiger partial charge in [-0.3, -0.25) is 0 Å². The smallest absolute Gasteiger partial charge is 1.00 e. The van der Waals surface area contributed by atoms with Crippen molar-refractivity contribution in [3.05, 3.63) is 4.91 Å². The maximum atomic E-state index is 8.11. The molecule has 0 unspecified atom stereocenters. The first-order chi connectivity index (χ1) is 2.83. The van der Waals surface area contributed by atoms with E-state index in [4.69, 9.17) is 15.2 Å². The fraction of sp³-hybridized carbons (Fsp3) is 1.00. The number of hydrogen-bond donors (Lipinski definition) is 2. The number of nitrogens with zero attached hydrogens (tertiary/aromatic N) is 1. The summed E-state index contributed by atoms with van der Waals surface area (Å²) in [5, 5.41) is 15.5. The Morgan fingerprint density at radius 1 is 1.86 bits per heavy atom. The van der Waals surface area contributed by atoms with Crippen LogP contribution in [0.4, 0.5) is 0 Å². The normalized spacial score (nSPS) is 4.29. The number of rotatable bonds is 0. The van der Waals surface area contributed by atoms with Gasteiger partial charge in [-0.15, -0.1) is 4.91 Å². The van der Waals surface area contributed by atoms with Crippen molar-refractivity contribution in [2.24, 2.45) is 5.34 Å². The van der Waals surface area contributed by atoms with Crippen LogP contribution in [0.1, 0.15) is 8.35 Å². The summed E-state index contributed by atoms with van der Waals surface area (Å²) in [5.74, 6) is 0. The molecule has 0 saturated carbocycles. The Kier molecular flexibility index (Phi) is 73.4. The molecule has 0 aromatic heterocycles. The van der Waals surface area contributed by atoms with Crippen LogP contribution in [0.5, 0.6) is 0 Å². The molecule has 0 amide bonds. The molecule has 0 aliphatic carbocycles. The van der Waals surface area contributed by atoms with Crippen LogP contribution in [-0.2, 0) is 0 Å². The molecule has 0 saturated heterocycles. The second kappa shape index (κ2) is 32.8. The van der Waals surface area contributed by atoms with E-state index in [1.807, 2.05) is 0 Å². The van der Waals surface area contributed by atoms with Crippen LogP contribution >= 0.6 is 0 Å². The van der Waals surface area contributed by atoms with Crippen LogP contribution in [0.2, 0.25) is 0 Å². The Morgan fingerprint density at radius 3 is 1.86 bits per heavy atom. The molecule has 4 nitrogen and oxygen atoms in total. The quantitative estimate of drug-likeness (QED) is 0.205. The zero-order chi connectivity index (χ0) is 5.41. The second-order valence-electron chi connectivity index (χ2n) is 0.398. The fourth-order valence-electron chi connectivity index (χ4n) is 0. The van der Waals surface area contributed by atoms with Gasteiger partial charge in [-0.05, 0) is 6.92 Å². The van der Waals surface area contributed by atoms with Crippen molar-refractivity contribution >= 4 is 0 Å². The zero-order valence-corrected chi connectivity index (χ0v) is 6.46. The Labute approximate surface area is 65.2 Å². The molecule has 0 heterocycles. The summed E-state index contributed by atoms with van der Waals surface area (Å²) in [7, 11) is 0. The molecule has 0 radical (unpaired) electrons. The summed E-state index contributed by atoms with van der Waals surface area (Å²) in [6, 6.07) is 0. The minimum atomic E-state index is 0. The van der Waals surface area contributed by atoms with Crippen molar-refractivity contribution in [2.45, 2.75) is 6.92 Å². The van der Waals surface area contributed by atoms with E-state index >= 15 is 0 Å². The third kappa shape index (κ3) is 933. The molecular formula is C2H8NNaO3. The van der Waals surface area contributed by atoms with E-state index in [1.165, 1.54) is 5.34 Å². The minimum Gasteiger partial charge on any atom is -1.00 e. The number of aliphatic hydroxyl groups excluding tert-OH is 1. The Balaban J connectivity index is -0.0000000160. The third-order valence-electron chi connectivity index (χ3n) is 0. The van der Waals surface area contributed by atoms with Gasteiger partial charge in [-0.2, -0.15) is 0 Å². The maximum Gasteiger partial charge on any atom is 1.00 e. The predicted octanol–water partition coefficient (Wildman–Crippen LogP) is -2.74. The topological polar surface area (TPSA) is 69.9 Å². The molecule has 0 rings (SSSR count). The molecule has 0 aliphatic heterocycles. The molecule has 0 aliphatic rings. The summed E-state index contributed by atoms with van der Waals surface area (Å²) in [4.78, 5) is 8.11. The molecular weight excluding hydrogens is 109 g/mol. The van der Waals surface area contributed by atoms with Gasteiger partial charge in [-0.1, -0.05) is 0 Å². The minimum absolute atomic E-state index is 0. The van der Waals surface area contributed by atoms with Crippen molar-refractivity contribution in [3.63, 3.8) is 0 Å². The van der Waals surface area contributed by atoms with Crippen LogP contribution in [0.3, 0.4) is 0 Å². The molecule has 5 heteroatoms. The second-order valence-corrected chi connectivity index (χ2v) is 0.398. The van der Waals surface area contributed by atoms with Crippen LogP contribution in [0.15, 0.2) is 5.34 Å². The monoisotopic (exact) mass is 117 g/mol. The van der Waals surface area contributed by atoms with E-state index in [0.29, 0.717) is 0 Å². The average molecular weight is 117 g/mol. The first-order valence-electron chi connectivity index (χ1n) is 1.41. The van der Waals surface area contributed by atoms with E-state index < -0.39 is 0 Å². The van der Waals surface area contributed by atoms with Gasteiger partial charge in [0.15, 0.2) is 5.34 Å². The van der Waals surface area contributed by atoms with Crippen LogP contribution in [0, 0.1) is 4.91 Å². The van der Waals surface area contributed by atoms with Gasteiger partial charge >= 0.3 is 29.6 Å². The molecule has 0 aromatic rings. The van der Waals surface area contributed by atoms with Crippen molar-refractivity contribution in [1.29, 1.82) is 0 Å². The number of hydrogen-bond acceptors (Lipinski definition) is 3. The molecule has 0 fully saturated rings. The fourth-order valence-corrected chi connectivity index (χ4v) is 0. The molecule has 2 N–H and O–H groups in total. The van der Waals surface area contributed by atoms with Gasteiger partial charge in [0, 0.05) is 6.61 Å². The van der Waals surface area contributed by atoms with E-state index in [1.54, 1.807) is 6.92 Å². The number of aliphatic hydroxyl groups is 1. The summed E-state index contributed by atoms with van der Waals surface area (Å²) >= 11 is 0. The van der Waals surface area contributed by atoms with Crippen molar-refractivity contribution < 1.29 is 41.3 Å². The van der Waals surface area contributed by atoms with Crippen molar-refractivity contribution in [2.75, 3.05) is 6.61 Å². The largest absolute Gasteiger partial charge is 1.00 e. The van der Waals surface area contributed by atoms with Crippen molar-refractivity contribution in [1.82, 2.24) is 0 Å². The summed E-state index contributed by atoms with van der Waals surface area (Å²) in [6.45, 7) is 1.93. The van der Waals surface area contributed by atoms with E-state index in [-0.39, 0.29) is 37.6 Å². The standard InChI is InChI=1S/C2H6O.HNO2.Na.H/c1-2-3;2-1-3;;/h3H,2H2,1H3;(H,2,3);;/q;;+1;-1. The van der Waals surface area contributed by atoms with Crippen LogP contribution < -0.4 is 29.6 Å². The summed E-state index contributed by atoms with van der Waals surface area (Å²) < 4.78 is 0. The molecule has 0 bridgehead atoms. The van der Waals surface area contributed by atoms with E-state index in [2.05, 4.69) is 0 Å². The summed E-state index contributed by atoms with van der Waals surface area (Å²) in [6.07, 6.45) is 0. The molecule has 7 heavy (non-hydrogen) atoms. The SMILES string of the molecule is CCO.O=NO.[H-].[Na+]. The van der Waals surface area contributed by atoms with Gasteiger partial charge in [0.2, 0.25) is 0 Å². The Morgan fingerprint density at radius 2 is 1.86 bits per heavy atom. The first kappa shape index (κ1) is 15.7. The van der Waals surface area contributed by atoms with E-state index in [0.717, 1.165) is 0 Å². The summed E-state index contributed by atoms with van der Waals surface area (Å²) in [5.41, 5.74) is 0. The maximum absolute atomic E-state index is 8.11.